The van der Waals surface area contributed by atoms with Gasteiger partial charge < -0.3 is 10.1 Å². The zero-order chi connectivity index (χ0) is 12.3. The Labute approximate surface area is 110 Å². The van der Waals surface area contributed by atoms with Gasteiger partial charge in [-0.3, -0.25) is 4.79 Å². The van der Waals surface area contributed by atoms with Crippen molar-refractivity contribution in [3.8, 4) is 0 Å². The van der Waals surface area contributed by atoms with Gasteiger partial charge in [0, 0.05) is 17.6 Å². The smallest absolute Gasteiger partial charge is 0.252 e. The molecule has 1 saturated heterocycles. The molecule has 1 atom stereocenters. The summed E-state index contributed by atoms with van der Waals surface area (Å²) in [6, 6.07) is 7.87. The van der Waals surface area contributed by atoms with Crippen molar-refractivity contribution < 1.29 is 9.53 Å². The van der Waals surface area contributed by atoms with Gasteiger partial charge in [0.05, 0.1) is 0 Å². The number of hydrogen-bond acceptors (Lipinski definition) is 2. The van der Waals surface area contributed by atoms with E-state index in [1.54, 1.807) is 0 Å². The van der Waals surface area contributed by atoms with Gasteiger partial charge in [-0.15, -0.1) is 0 Å². The van der Waals surface area contributed by atoms with E-state index in [1.807, 2.05) is 31.2 Å². The fourth-order valence-corrected chi connectivity index (χ4v) is 2.39. The molecule has 4 heteroatoms. The van der Waals surface area contributed by atoms with Gasteiger partial charge in [0.25, 0.3) is 5.91 Å². The van der Waals surface area contributed by atoms with Crippen LogP contribution in [0.4, 0.5) is 0 Å². The van der Waals surface area contributed by atoms with Gasteiger partial charge in [0.1, 0.15) is 5.60 Å². The molecule has 0 bridgehead atoms. The molecule has 1 heterocycles. The molecular formula is C13H16BrNO2. The minimum absolute atomic E-state index is 0.0225. The summed E-state index contributed by atoms with van der Waals surface area (Å²) in [6.45, 7) is 3.06. The van der Waals surface area contributed by atoms with Crippen LogP contribution in [0.3, 0.4) is 0 Å². The van der Waals surface area contributed by atoms with Gasteiger partial charge in [0.2, 0.25) is 0 Å². The van der Waals surface area contributed by atoms with Crippen LogP contribution in [0.1, 0.15) is 25.3 Å². The lowest BCUT2D eigenvalue weighted by Crippen LogP contribution is -2.43. The molecule has 1 unspecified atom stereocenters. The maximum absolute atomic E-state index is 12.0. The van der Waals surface area contributed by atoms with Crippen molar-refractivity contribution in [2.24, 2.45) is 0 Å². The van der Waals surface area contributed by atoms with E-state index in [0.717, 1.165) is 22.9 Å². The number of amides is 1. The molecule has 0 aliphatic carbocycles. The Balaban J connectivity index is 1.94. The van der Waals surface area contributed by atoms with E-state index in [9.17, 15) is 4.79 Å². The van der Waals surface area contributed by atoms with Gasteiger partial charge in [-0.2, -0.15) is 0 Å². The van der Waals surface area contributed by atoms with E-state index in [0.29, 0.717) is 13.2 Å². The van der Waals surface area contributed by atoms with Crippen molar-refractivity contribution in [2.75, 3.05) is 6.61 Å². The Hall–Kier alpha value is -0.870. The zero-order valence-electron chi connectivity index (χ0n) is 9.83. The van der Waals surface area contributed by atoms with Crippen LogP contribution in [0.2, 0.25) is 0 Å². The second-order valence-electron chi connectivity index (χ2n) is 4.46. The number of nitrogens with one attached hydrogen (secondary N) is 1. The number of carbonyl (C=O) groups excluding carboxylic acids is 1. The molecule has 3 nitrogen and oxygen atoms in total. The number of rotatable bonds is 3. The van der Waals surface area contributed by atoms with Crippen LogP contribution in [0, 0.1) is 0 Å². The minimum atomic E-state index is -0.638. The summed E-state index contributed by atoms with van der Waals surface area (Å²) < 4.78 is 6.51. The minimum Gasteiger partial charge on any atom is -0.365 e. The summed E-state index contributed by atoms with van der Waals surface area (Å²) in [6.07, 6.45) is 1.76. The molecule has 1 amide bonds. The molecule has 0 aromatic heterocycles. The zero-order valence-corrected chi connectivity index (χ0v) is 11.4. The van der Waals surface area contributed by atoms with Crippen LogP contribution >= 0.6 is 15.9 Å². The van der Waals surface area contributed by atoms with Crippen LogP contribution in [-0.2, 0) is 16.1 Å². The Morgan fingerprint density at radius 2 is 2.29 bits per heavy atom. The second-order valence-corrected chi connectivity index (χ2v) is 5.31. The summed E-state index contributed by atoms with van der Waals surface area (Å²) in [7, 11) is 0. The molecule has 1 aliphatic rings. The quantitative estimate of drug-likeness (QED) is 0.931. The SMILES string of the molecule is CC1(C(=O)NCc2ccccc2Br)CCCO1. The largest absolute Gasteiger partial charge is 0.365 e. The predicted molar refractivity (Wildman–Crippen MR) is 69.6 cm³/mol. The van der Waals surface area contributed by atoms with Crippen molar-refractivity contribution >= 4 is 21.8 Å². The summed E-state index contributed by atoms with van der Waals surface area (Å²) in [5.41, 5.74) is 0.434. The molecule has 1 aliphatic heterocycles. The van der Waals surface area contributed by atoms with E-state index in [1.165, 1.54) is 0 Å². The molecule has 0 radical (unpaired) electrons. The molecule has 0 saturated carbocycles. The number of halogens is 1. The fraction of sp³-hybridized carbons (Fsp3) is 0.462. The van der Waals surface area contributed by atoms with Gasteiger partial charge >= 0.3 is 0 Å². The third kappa shape index (κ3) is 2.87. The Morgan fingerprint density at radius 3 is 2.94 bits per heavy atom. The molecule has 1 N–H and O–H groups in total. The van der Waals surface area contributed by atoms with Gasteiger partial charge in [-0.1, -0.05) is 34.1 Å². The van der Waals surface area contributed by atoms with E-state index in [-0.39, 0.29) is 5.91 Å². The molecule has 2 rings (SSSR count). The lowest BCUT2D eigenvalue weighted by Gasteiger charge is -2.22. The molecule has 0 spiro atoms. The number of benzene rings is 1. The van der Waals surface area contributed by atoms with Crippen molar-refractivity contribution in [3.63, 3.8) is 0 Å². The molecule has 1 fully saturated rings. The first-order valence-electron chi connectivity index (χ1n) is 5.77. The molecule has 17 heavy (non-hydrogen) atoms. The Kier molecular flexibility index (Phi) is 3.84. The van der Waals surface area contributed by atoms with Crippen molar-refractivity contribution in [1.82, 2.24) is 5.32 Å². The number of carbonyl (C=O) groups is 1. The summed E-state index contributed by atoms with van der Waals surface area (Å²) in [5.74, 6) is -0.0225. The van der Waals surface area contributed by atoms with E-state index < -0.39 is 5.60 Å². The number of hydrogen-bond donors (Lipinski definition) is 1. The third-order valence-electron chi connectivity index (χ3n) is 3.10. The highest BCUT2D eigenvalue weighted by Crippen LogP contribution is 2.25. The van der Waals surface area contributed by atoms with Gasteiger partial charge in [0.15, 0.2) is 0 Å². The first kappa shape index (κ1) is 12.6. The molecule has 1 aromatic rings. The first-order chi connectivity index (χ1) is 8.12. The van der Waals surface area contributed by atoms with Gasteiger partial charge in [-0.25, -0.2) is 0 Å². The summed E-state index contributed by atoms with van der Waals surface area (Å²) >= 11 is 3.46. The van der Waals surface area contributed by atoms with Crippen LogP contribution < -0.4 is 5.32 Å². The highest BCUT2D eigenvalue weighted by Gasteiger charge is 2.37. The maximum atomic E-state index is 12.0. The van der Waals surface area contributed by atoms with E-state index in [4.69, 9.17) is 4.74 Å². The van der Waals surface area contributed by atoms with E-state index >= 15 is 0 Å². The van der Waals surface area contributed by atoms with Crippen molar-refractivity contribution in [2.45, 2.75) is 31.9 Å². The molecule has 92 valence electrons. The Bertz CT molecular complexity index is 414. The highest BCUT2D eigenvalue weighted by molar-refractivity contribution is 9.10. The maximum Gasteiger partial charge on any atom is 0.252 e. The summed E-state index contributed by atoms with van der Waals surface area (Å²) in [5, 5.41) is 2.93. The van der Waals surface area contributed by atoms with Crippen LogP contribution in [0.5, 0.6) is 0 Å². The van der Waals surface area contributed by atoms with E-state index in [2.05, 4.69) is 21.2 Å². The van der Waals surface area contributed by atoms with Crippen LogP contribution in [0.25, 0.3) is 0 Å². The standard InChI is InChI=1S/C13H16BrNO2/c1-13(7-4-8-17-13)12(16)15-9-10-5-2-3-6-11(10)14/h2-3,5-6H,4,7-9H2,1H3,(H,15,16). The van der Waals surface area contributed by atoms with Gasteiger partial charge in [-0.05, 0) is 31.4 Å². The molecular weight excluding hydrogens is 282 g/mol. The van der Waals surface area contributed by atoms with Crippen LogP contribution in [0.15, 0.2) is 28.7 Å². The topological polar surface area (TPSA) is 38.3 Å². The van der Waals surface area contributed by atoms with Crippen molar-refractivity contribution in [1.29, 1.82) is 0 Å². The average Bonchev–Trinajstić information content (AvgIpc) is 2.76. The molecule has 1 aromatic carbocycles. The second kappa shape index (κ2) is 5.19. The predicted octanol–water partition coefficient (Wildman–Crippen LogP) is 2.63. The monoisotopic (exact) mass is 297 g/mol. The van der Waals surface area contributed by atoms with Crippen LogP contribution in [-0.4, -0.2) is 18.1 Å². The Morgan fingerprint density at radius 1 is 1.53 bits per heavy atom. The lowest BCUT2D eigenvalue weighted by atomic mass is 10.0. The summed E-state index contributed by atoms with van der Waals surface area (Å²) in [4.78, 5) is 12.0. The highest BCUT2D eigenvalue weighted by atomic mass is 79.9. The lowest BCUT2D eigenvalue weighted by molar-refractivity contribution is -0.139. The van der Waals surface area contributed by atoms with Crippen molar-refractivity contribution in [3.05, 3.63) is 34.3 Å². The average molecular weight is 298 g/mol. The first-order valence-corrected chi connectivity index (χ1v) is 6.57. The fourth-order valence-electron chi connectivity index (χ4n) is 1.96. The normalized spacial score (nSPS) is 23.6. The third-order valence-corrected chi connectivity index (χ3v) is 3.87. The number of ether oxygens (including phenoxy) is 1.